The Morgan fingerprint density at radius 1 is 1.53 bits per heavy atom. The van der Waals surface area contributed by atoms with Gasteiger partial charge in [0.05, 0.1) is 7.11 Å². The van der Waals surface area contributed by atoms with Crippen LogP contribution in [0.25, 0.3) is 0 Å². The minimum Gasteiger partial charge on any atom is -0.481 e. The van der Waals surface area contributed by atoms with Crippen LogP contribution in [0, 0.1) is 0 Å². The second kappa shape index (κ2) is 7.26. The van der Waals surface area contributed by atoms with E-state index in [1.165, 1.54) is 0 Å². The highest BCUT2D eigenvalue weighted by atomic mass is 35.5. The first-order chi connectivity index (χ1) is 7.38. The molecule has 1 aromatic rings. The van der Waals surface area contributed by atoms with Crippen LogP contribution in [0.4, 0.5) is 0 Å². The zero-order chi connectivity index (χ0) is 10.9. The van der Waals surface area contributed by atoms with Crippen LogP contribution in [-0.2, 0) is 6.54 Å². The molecule has 0 aromatic carbocycles. The number of methoxy groups -OCH3 is 1. The molecule has 0 fully saturated rings. The van der Waals surface area contributed by atoms with Crippen LogP contribution in [0.15, 0.2) is 30.5 Å². The van der Waals surface area contributed by atoms with E-state index in [-0.39, 0.29) is 0 Å². The molecule has 0 unspecified atom stereocenters. The largest absolute Gasteiger partial charge is 0.481 e. The van der Waals surface area contributed by atoms with Crippen LogP contribution in [0.5, 0.6) is 5.88 Å². The average molecular weight is 227 g/mol. The Bertz CT molecular complexity index is 315. The van der Waals surface area contributed by atoms with Gasteiger partial charge < -0.3 is 10.1 Å². The van der Waals surface area contributed by atoms with Crippen molar-refractivity contribution >= 4 is 11.6 Å². The highest BCUT2D eigenvalue weighted by Gasteiger charge is 2.00. The van der Waals surface area contributed by atoms with Crippen LogP contribution < -0.4 is 10.1 Å². The molecule has 0 aliphatic carbocycles. The lowest BCUT2D eigenvalue weighted by molar-refractivity contribution is 0.391. The van der Waals surface area contributed by atoms with Crippen molar-refractivity contribution in [3.8, 4) is 5.88 Å². The van der Waals surface area contributed by atoms with Gasteiger partial charge in [-0.3, -0.25) is 0 Å². The highest BCUT2D eigenvalue weighted by molar-refractivity contribution is 6.18. The molecule has 15 heavy (non-hydrogen) atoms. The van der Waals surface area contributed by atoms with E-state index in [0.717, 1.165) is 18.7 Å². The third-order valence-corrected chi connectivity index (χ3v) is 2.05. The van der Waals surface area contributed by atoms with Crippen molar-refractivity contribution in [2.45, 2.75) is 6.54 Å². The Morgan fingerprint density at radius 2 is 2.40 bits per heavy atom. The van der Waals surface area contributed by atoms with E-state index in [2.05, 4.69) is 10.3 Å². The molecule has 0 aliphatic rings. The summed E-state index contributed by atoms with van der Waals surface area (Å²) in [6, 6.07) is 3.89. The molecule has 1 heterocycles. The minimum absolute atomic E-state index is 0.553. The predicted molar refractivity (Wildman–Crippen MR) is 62.4 cm³/mol. The van der Waals surface area contributed by atoms with E-state index in [9.17, 15) is 0 Å². The number of halogens is 1. The van der Waals surface area contributed by atoms with Gasteiger partial charge in [-0.1, -0.05) is 18.2 Å². The van der Waals surface area contributed by atoms with Crippen molar-refractivity contribution in [2.75, 3.05) is 19.5 Å². The van der Waals surface area contributed by atoms with Gasteiger partial charge in [-0.15, -0.1) is 11.6 Å². The zero-order valence-corrected chi connectivity index (χ0v) is 9.50. The molecular formula is C11H15ClN2O. The fourth-order valence-electron chi connectivity index (χ4n) is 1.18. The predicted octanol–water partition coefficient (Wildman–Crippen LogP) is 1.97. The SMILES string of the molecule is COc1ncccc1CNC/C=C/CCl. The third-order valence-electron chi connectivity index (χ3n) is 1.88. The zero-order valence-electron chi connectivity index (χ0n) is 8.74. The second-order valence-corrected chi connectivity index (χ2v) is 3.24. The molecule has 4 heteroatoms. The second-order valence-electron chi connectivity index (χ2n) is 2.93. The number of pyridine rings is 1. The Hall–Kier alpha value is -1.06. The number of ether oxygens (including phenoxy) is 1. The van der Waals surface area contributed by atoms with Crippen molar-refractivity contribution in [1.82, 2.24) is 10.3 Å². The fraction of sp³-hybridized carbons (Fsp3) is 0.364. The van der Waals surface area contributed by atoms with Crippen molar-refractivity contribution in [1.29, 1.82) is 0 Å². The van der Waals surface area contributed by atoms with E-state index >= 15 is 0 Å². The van der Waals surface area contributed by atoms with E-state index in [1.807, 2.05) is 24.3 Å². The lowest BCUT2D eigenvalue weighted by atomic mass is 10.2. The normalized spacial score (nSPS) is 10.8. The number of rotatable bonds is 6. The topological polar surface area (TPSA) is 34.1 Å². The summed E-state index contributed by atoms with van der Waals surface area (Å²) in [6.07, 6.45) is 5.63. The molecule has 3 nitrogen and oxygen atoms in total. The van der Waals surface area contributed by atoms with Crippen LogP contribution in [-0.4, -0.2) is 24.5 Å². The molecule has 1 N–H and O–H groups in total. The summed E-state index contributed by atoms with van der Waals surface area (Å²) >= 11 is 5.50. The van der Waals surface area contributed by atoms with Crippen molar-refractivity contribution in [3.05, 3.63) is 36.0 Å². The first-order valence-electron chi connectivity index (χ1n) is 4.78. The maximum Gasteiger partial charge on any atom is 0.217 e. The average Bonchev–Trinajstić information content (AvgIpc) is 2.29. The molecule has 0 atom stereocenters. The number of nitrogens with one attached hydrogen (secondary N) is 1. The summed E-state index contributed by atoms with van der Waals surface area (Å²) < 4.78 is 5.13. The number of allylic oxidation sites excluding steroid dienone is 1. The number of hydrogen-bond acceptors (Lipinski definition) is 3. The van der Waals surface area contributed by atoms with Crippen molar-refractivity contribution in [3.63, 3.8) is 0 Å². The number of nitrogens with zero attached hydrogens (tertiary/aromatic N) is 1. The lowest BCUT2D eigenvalue weighted by Crippen LogP contribution is -2.13. The van der Waals surface area contributed by atoms with Crippen molar-refractivity contribution in [2.24, 2.45) is 0 Å². The van der Waals surface area contributed by atoms with Gasteiger partial charge in [0, 0.05) is 30.7 Å². The Kier molecular flexibility index (Phi) is 5.81. The maximum absolute atomic E-state index is 5.50. The number of alkyl halides is 1. The van der Waals surface area contributed by atoms with Gasteiger partial charge in [0.25, 0.3) is 0 Å². The molecular weight excluding hydrogens is 212 g/mol. The molecule has 0 saturated carbocycles. The van der Waals surface area contributed by atoms with E-state index in [0.29, 0.717) is 11.8 Å². The quantitative estimate of drug-likeness (QED) is 0.458. The van der Waals surface area contributed by atoms with Crippen molar-refractivity contribution < 1.29 is 4.74 Å². The van der Waals surface area contributed by atoms with Gasteiger partial charge >= 0.3 is 0 Å². The van der Waals surface area contributed by atoms with Crippen LogP contribution in [0.2, 0.25) is 0 Å². The molecule has 0 aliphatic heterocycles. The number of aromatic nitrogens is 1. The van der Waals surface area contributed by atoms with E-state index in [1.54, 1.807) is 13.3 Å². The minimum atomic E-state index is 0.553. The third kappa shape index (κ3) is 4.32. The summed E-state index contributed by atoms with van der Waals surface area (Å²) in [5, 5.41) is 3.25. The Labute approximate surface area is 95.1 Å². The van der Waals surface area contributed by atoms with Gasteiger partial charge in [-0.2, -0.15) is 0 Å². The maximum atomic E-state index is 5.50. The lowest BCUT2D eigenvalue weighted by Gasteiger charge is -2.06. The molecule has 0 saturated heterocycles. The van der Waals surface area contributed by atoms with Crippen LogP contribution in [0.3, 0.4) is 0 Å². The summed E-state index contributed by atoms with van der Waals surface area (Å²) in [7, 11) is 1.62. The fourth-order valence-corrected chi connectivity index (χ4v) is 1.30. The summed E-state index contributed by atoms with van der Waals surface area (Å²) in [4.78, 5) is 4.11. The Balaban J connectivity index is 2.39. The molecule has 1 aromatic heterocycles. The number of hydrogen-bond donors (Lipinski definition) is 1. The highest BCUT2D eigenvalue weighted by Crippen LogP contribution is 2.12. The molecule has 0 radical (unpaired) electrons. The van der Waals surface area contributed by atoms with Gasteiger partial charge in [0.15, 0.2) is 0 Å². The Morgan fingerprint density at radius 3 is 3.13 bits per heavy atom. The summed E-state index contributed by atoms with van der Waals surface area (Å²) in [6.45, 7) is 1.54. The van der Waals surface area contributed by atoms with Gasteiger partial charge in [-0.05, 0) is 6.07 Å². The molecule has 1 rings (SSSR count). The van der Waals surface area contributed by atoms with Gasteiger partial charge in [-0.25, -0.2) is 4.98 Å². The molecule has 0 spiro atoms. The van der Waals surface area contributed by atoms with Crippen LogP contribution in [0.1, 0.15) is 5.56 Å². The molecule has 0 amide bonds. The molecule has 0 bridgehead atoms. The van der Waals surface area contributed by atoms with Gasteiger partial charge in [0.2, 0.25) is 5.88 Å². The first-order valence-corrected chi connectivity index (χ1v) is 5.31. The summed E-state index contributed by atoms with van der Waals surface area (Å²) in [5.74, 6) is 1.23. The molecule has 82 valence electrons. The van der Waals surface area contributed by atoms with E-state index in [4.69, 9.17) is 16.3 Å². The standard InChI is InChI=1S/C11H15ClN2O/c1-15-11-10(5-4-8-14-11)9-13-7-3-2-6-12/h2-5,8,13H,6-7,9H2,1H3/b3-2+. The van der Waals surface area contributed by atoms with Crippen LogP contribution >= 0.6 is 11.6 Å². The monoisotopic (exact) mass is 226 g/mol. The first kappa shape index (κ1) is 12.0. The van der Waals surface area contributed by atoms with Gasteiger partial charge in [0.1, 0.15) is 0 Å². The smallest absolute Gasteiger partial charge is 0.217 e. The van der Waals surface area contributed by atoms with E-state index < -0.39 is 0 Å². The summed E-state index contributed by atoms with van der Waals surface area (Å²) in [5.41, 5.74) is 1.05.